The van der Waals surface area contributed by atoms with Gasteiger partial charge in [-0.05, 0) is 38.3 Å². The van der Waals surface area contributed by atoms with Gasteiger partial charge in [-0.25, -0.2) is 0 Å². The number of amides is 1. The van der Waals surface area contributed by atoms with Crippen molar-refractivity contribution < 1.29 is 22.8 Å². The van der Waals surface area contributed by atoms with Crippen molar-refractivity contribution in [3.8, 4) is 0 Å². The van der Waals surface area contributed by atoms with E-state index in [9.17, 15) is 22.8 Å². The molecule has 1 aromatic heterocycles. The van der Waals surface area contributed by atoms with Crippen molar-refractivity contribution in [3.63, 3.8) is 0 Å². The van der Waals surface area contributed by atoms with Gasteiger partial charge in [0.15, 0.2) is 5.78 Å². The quantitative estimate of drug-likeness (QED) is 0.902. The first kappa shape index (κ1) is 16.0. The molecule has 0 radical (unpaired) electrons. The first-order valence-corrected chi connectivity index (χ1v) is 7.44. The summed E-state index contributed by atoms with van der Waals surface area (Å²) in [7, 11) is 0. The highest BCUT2D eigenvalue weighted by molar-refractivity contribution is 7.14. The van der Waals surface area contributed by atoms with Crippen LogP contribution in [0.15, 0.2) is 6.07 Å². The van der Waals surface area contributed by atoms with E-state index in [0.29, 0.717) is 17.7 Å². The number of carbonyl (C=O) groups is 2. The zero-order valence-corrected chi connectivity index (χ0v) is 12.6. The minimum atomic E-state index is -4.35. The summed E-state index contributed by atoms with van der Waals surface area (Å²) in [6.45, 7) is 3.67. The van der Waals surface area contributed by atoms with Gasteiger partial charge in [-0.15, -0.1) is 11.3 Å². The van der Waals surface area contributed by atoms with E-state index in [-0.39, 0.29) is 5.91 Å². The van der Waals surface area contributed by atoms with E-state index in [4.69, 9.17) is 0 Å². The van der Waals surface area contributed by atoms with Gasteiger partial charge in [-0.3, -0.25) is 9.59 Å². The molecule has 1 fully saturated rings. The molecule has 1 amide bonds. The Balaban J connectivity index is 2.00. The summed E-state index contributed by atoms with van der Waals surface area (Å²) in [6.07, 6.45) is -5.23. The molecule has 1 N–H and O–H groups in total. The highest BCUT2D eigenvalue weighted by Crippen LogP contribution is 2.39. The molecule has 2 rings (SSSR count). The second-order valence-corrected chi connectivity index (χ2v) is 6.70. The fourth-order valence-electron chi connectivity index (χ4n) is 2.23. The highest BCUT2D eigenvalue weighted by atomic mass is 32.1. The van der Waals surface area contributed by atoms with Crippen LogP contribution < -0.4 is 5.32 Å². The maximum atomic E-state index is 12.2. The number of rotatable bonds is 5. The molecule has 0 aromatic carbocycles. The maximum Gasteiger partial charge on any atom is 0.389 e. The molecule has 1 aromatic rings. The lowest BCUT2D eigenvalue weighted by Gasteiger charge is -2.16. The van der Waals surface area contributed by atoms with E-state index >= 15 is 0 Å². The van der Waals surface area contributed by atoms with E-state index in [1.54, 1.807) is 6.92 Å². The van der Waals surface area contributed by atoms with E-state index in [0.717, 1.165) is 10.4 Å². The van der Waals surface area contributed by atoms with Crippen molar-refractivity contribution in [2.75, 3.05) is 0 Å². The summed E-state index contributed by atoms with van der Waals surface area (Å²) in [6, 6.07) is 1.87. The number of halogens is 3. The molecule has 0 atom stereocenters. The molecule has 0 bridgehead atoms. The second kappa shape index (κ2) is 5.44. The number of Topliss-reactive ketones (excluding diaryl/α,β-unsaturated/α-hetero) is 1. The number of aryl methyl sites for hydroxylation is 2. The van der Waals surface area contributed by atoms with E-state index in [1.807, 2.05) is 13.0 Å². The Morgan fingerprint density at radius 2 is 1.95 bits per heavy atom. The van der Waals surface area contributed by atoms with Gasteiger partial charge in [0.25, 0.3) is 5.91 Å². The molecular formula is C14H16F3NO2S. The molecule has 1 aliphatic rings. The molecule has 21 heavy (non-hydrogen) atoms. The van der Waals surface area contributed by atoms with Crippen LogP contribution >= 0.6 is 11.3 Å². The van der Waals surface area contributed by atoms with Crippen molar-refractivity contribution in [1.29, 1.82) is 0 Å². The molecule has 1 heterocycles. The van der Waals surface area contributed by atoms with Gasteiger partial charge >= 0.3 is 6.18 Å². The molecule has 0 aliphatic heterocycles. The summed E-state index contributed by atoms with van der Waals surface area (Å²) in [5, 5.41) is 2.63. The predicted octanol–water partition coefficient (Wildman–Crippen LogP) is 3.54. The average Bonchev–Trinajstić information content (AvgIpc) is 3.04. The third-order valence-electron chi connectivity index (χ3n) is 3.52. The Bertz CT molecular complexity index is 573. The standard InChI is InChI=1S/C14H16F3NO2S/c1-8-7-9(2)21-11(8)12(20)18-13(5-6-13)10(19)3-4-14(15,16)17/h7H,3-6H2,1-2H3,(H,18,20). The Labute approximate surface area is 124 Å². The summed E-state index contributed by atoms with van der Waals surface area (Å²) >= 11 is 1.32. The van der Waals surface area contributed by atoms with E-state index in [2.05, 4.69) is 5.32 Å². The Morgan fingerprint density at radius 1 is 1.33 bits per heavy atom. The van der Waals surface area contributed by atoms with Crippen molar-refractivity contribution >= 4 is 23.0 Å². The average molecular weight is 319 g/mol. The van der Waals surface area contributed by atoms with Gasteiger partial charge in [-0.2, -0.15) is 13.2 Å². The molecule has 0 spiro atoms. The first-order chi connectivity index (χ1) is 9.63. The summed E-state index contributed by atoms with van der Waals surface area (Å²) in [4.78, 5) is 25.6. The normalized spacial score (nSPS) is 16.6. The summed E-state index contributed by atoms with van der Waals surface area (Å²) < 4.78 is 36.5. The number of carbonyl (C=O) groups excluding carboxylic acids is 2. The van der Waals surface area contributed by atoms with Crippen LogP contribution in [0.2, 0.25) is 0 Å². The third-order valence-corrected chi connectivity index (χ3v) is 4.67. The van der Waals surface area contributed by atoms with Gasteiger partial charge in [-0.1, -0.05) is 0 Å². The Hall–Kier alpha value is -1.37. The van der Waals surface area contributed by atoms with Gasteiger partial charge in [0.05, 0.1) is 16.8 Å². The van der Waals surface area contributed by atoms with Crippen LogP contribution in [0.4, 0.5) is 13.2 Å². The predicted molar refractivity (Wildman–Crippen MR) is 73.5 cm³/mol. The number of hydrogen-bond acceptors (Lipinski definition) is 3. The lowest BCUT2D eigenvalue weighted by molar-refractivity contribution is -0.144. The zero-order valence-electron chi connectivity index (χ0n) is 11.8. The van der Waals surface area contributed by atoms with Crippen LogP contribution in [-0.2, 0) is 4.79 Å². The first-order valence-electron chi connectivity index (χ1n) is 6.63. The maximum absolute atomic E-state index is 12.2. The van der Waals surface area contributed by atoms with Crippen LogP contribution in [-0.4, -0.2) is 23.4 Å². The molecule has 3 nitrogen and oxygen atoms in total. The van der Waals surface area contributed by atoms with Crippen LogP contribution in [0.3, 0.4) is 0 Å². The smallest absolute Gasteiger partial charge is 0.339 e. The van der Waals surface area contributed by atoms with E-state index in [1.165, 1.54) is 11.3 Å². The van der Waals surface area contributed by atoms with Crippen molar-refractivity contribution in [2.24, 2.45) is 0 Å². The van der Waals surface area contributed by atoms with E-state index < -0.39 is 30.3 Å². The fourth-order valence-corrected chi connectivity index (χ4v) is 3.16. The topological polar surface area (TPSA) is 46.2 Å². The molecule has 1 aliphatic carbocycles. The monoisotopic (exact) mass is 319 g/mol. The lowest BCUT2D eigenvalue weighted by atomic mass is 10.1. The molecule has 0 saturated heterocycles. The largest absolute Gasteiger partial charge is 0.389 e. The number of ketones is 1. The van der Waals surface area contributed by atoms with Crippen molar-refractivity contribution in [2.45, 2.75) is 51.2 Å². The second-order valence-electron chi connectivity index (χ2n) is 5.44. The summed E-state index contributed by atoms with van der Waals surface area (Å²) in [5.74, 6) is -0.900. The van der Waals surface area contributed by atoms with Crippen LogP contribution in [0, 0.1) is 13.8 Å². The zero-order chi connectivity index (χ0) is 15.8. The number of thiophene rings is 1. The minimum absolute atomic E-state index is 0.372. The molecule has 7 heteroatoms. The minimum Gasteiger partial charge on any atom is -0.339 e. The number of nitrogens with one attached hydrogen (secondary N) is 1. The van der Waals surface area contributed by atoms with Crippen LogP contribution in [0.5, 0.6) is 0 Å². The van der Waals surface area contributed by atoms with Gasteiger partial charge in [0, 0.05) is 11.3 Å². The Kier molecular flexibility index (Phi) is 4.15. The molecule has 1 saturated carbocycles. The van der Waals surface area contributed by atoms with Gasteiger partial charge in [0.2, 0.25) is 0 Å². The van der Waals surface area contributed by atoms with Crippen molar-refractivity contribution in [3.05, 3.63) is 21.4 Å². The molecular weight excluding hydrogens is 303 g/mol. The molecule has 0 unspecified atom stereocenters. The van der Waals surface area contributed by atoms with Crippen molar-refractivity contribution in [1.82, 2.24) is 5.32 Å². The Morgan fingerprint density at radius 3 is 2.38 bits per heavy atom. The number of hydrogen-bond donors (Lipinski definition) is 1. The number of alkyl halides is 3. The van der Waals surface area contributed by atoms with Crippen LogP contribution in [0.25, 0.3) is 0 Å². The summed E-state index contributed by atoms with van der Waals surface area (Å²) in [5.41, 5.74) is -0.263. The van der Waals surface area contributed by atoms with Crippen LogP contribution in [0.1, 0.15) is 45.8 Å². The fraction of sp³-hybridized carbons (Fsp3) is 0.571. The SMILES string of the molecule is Cc1cc(C)c(C(=O)NC2(C(=O)CCC(F)(F)F)CC2)s1. The van der Waals surface area contributed by atoms with Gasteiger partial charge in [0.1, 0.15) is 0 Å². The van der Waals surface area contributed by atoms with Gasteiger partial charge < -0.3 is 5.32 Å². The third kappa shape index (κ3) is 3.84. The lowest BCUT2D eigenvalue weighted by Crippen LogP contribution is -2.43. The molecule has 116 valence electrons. The highest BCUT2D eigenvalue weighted by Gasteiger charge is 2.51.